The molecule has 7 nitrogen and oxygen atoms in total. The van der Waals surface area contributed by atoms with Crippen molar-refractivity contribution in [2.24, 2.45) is 5.41 Å². The lowest BCUT2D eigenvalue weighted by molar-refractivity contribution is 0.0692. The van der Waals surface area contributed by atoms with Gasteiger partial charge in [0, 0.05) is 11.2 Å². The first-order valence-corrected chi connectivity index (χ1v) is 7.00. The molecule has 2 aromatic rings. The van der Waals surface area contributed by atoms with Gasteiger partial charge in [-0.2, -0.15) is 0 Å². The summed E-state index contributed by atoms with van der Waals surface area (Å²) in [6.45, 7) is -0.0342. The third-order valence-corrected chi connectivity index (χ3v) is 5.12. The molecule has 0 bridgehead atoms. The van der Waals surface area contributed by atoms with Crippen LogP contribution in [0.4, 0.5) is 5.82 Å². The number of fused-ring (bicyclic) bond motifs is 1. The molecule has 8 heteroatoms. The highest BCUT2D eigenvalue weighted by Crippen LogP contribution is 2.47. The molecule has 102 valence electrons. The molecule has 1 fully saturated rings. The van der Waals surface area contributed by atoms with Crippen molar-refractivity contribution in [1.29, 1.82) is 0 Å². The lowest BCUT2D eigenvalue weighted by Gasteiger charge is -2.22. The van der Waals surface area contributed by atoms with Gasteiger partial charge in [-0.25, -0.2) is 15.0 Å². The molecule has 0 spiro atoms. The topological polar surface area (TPSA) is 110 Å². The summed E-state index contributed by atoms with van der Waals surface area (Å²) in [5.74, 6) is 1.08. The molecule has 3 heterocycles. The SMILES string of the molecule is Nc1ncnc2c1ncn2[C@@H]1CC(CO)(CO)CS1. The van der Waals surface area contributed by atoms with Crippen LogP contribution in [0.2, 0.25) is 0 Å². The molecule has 1 aliphatic rings. The van der Waals surface area contributed by atoms with Gasteiger partial charge in [0.15, 0.2) is 11.5 Å². The van der Waals surface area contributed by atoms with Crippen LogP contribution >= 0.6 is 11.8 Å². The van der Waals surface area contributed by atoms with Crippen molar-refractivity contribution in [1.82, 2.24) is 19.5 Å². The van der Waals surface area contributed by atoms with E-state index in [0.29, 0.717) is 29.2 Å². The standard InChI is InChI=1S/C11H15N5O2S/c12-9-8-10(14-5-13-9)16(6-15-8)7-1-11(2-17,3-18)4-19-7/h5-7,17-18H,1-4H2,(H2,12,13,14)/t7-/m0/s1. The first kappa shape index (κ1) is 12.6. The highest BCUT2D eigenvalue weighted by Gasteiger charge is 2.40. The summed E-state index contributed by atoms with van der Waals surface area (Å²) in [5, 5.41) is 19.0. The fourth-order valence-electron chi connectivity index (χ4n) is 2.29. The second kappa shape index (κ2) is 4.62. The molecule has 0 unspecified atom stereocenters. The number of rotatable bonds is 3. The largest absolute Gasteiger partial charge is 0.396 e. The average molecular weight is 281 g/mol. The van der Waals surface area contributed by atoms with Crippen molar-refractivity contribution in [3.8, 4) is 0 Å². The Labute approximate surface area is 113 Å². The molecule has 1 atom stereocenters. The highest BCUT2D eigenvalue weighted by atomic mass is 32.2. The molecular weight excluding hydrogens is 266 g/mol. The summed E-state index contributed by atoms with van der Waals surface area (Å²) in [7, 11) is 0. The van der Waals surface area contributed by atoms with Gasteiger partial charge in [0.2, 0.25) is 0 Å². The van der Waals surface area contributed by atoms with E-state index in [1.807, 2.05) is 4.57 Å². The van der Waals surface area contributed by atoms with E-state index < -0.39 is 5.41 Å². The van der Waals surface area contributed by atoms with Crippen LogP contribution in [0.5, 0.6) is 0 Å². The van der Waals surface area contributed by atoms with Crippen LogP contribution in [0, 0.1) is 5.41 Å². The number of thioether (sulfide) groups is 1. The summed E-state index contributed by atoms with van der Waals surface area (Å²) < 4.78 is 1.94. The Morgan fingerprint density at radius 1 is 1.37 bits per heavy atom. The Hall–Kier alpha value is -1.38. The van der Waals surface area contributed by atoms with Crippen LogP contribution in [-0.2, 0) is 0 Å². The molecule has 4 N–H and O–H groups in total. The van der Waals surface area contributed by atoms with E-state index in [2.05, 4.69) is 15.0 Å². The zero-order chi connectivity index (χ0) is 13.5. The van der Waals surface area contributed by atoms with Crippen LogP contribution in [0.15, 0.2) is 12.7 Å². The maximum Gasteiger partial charge on any atom is 0.166 e. The number of aliphatic hydroxyl groups excluding tert-OH is 2. The lowest BCUT2D eigenvalue weighted by Crippen LogP contribution is -2.29. The molecule has 0 aliphatic carbocycles. The van der Waals surface area contributed by atoms with E-state index >= 15 is 0 Å². The van der Waals surface area contributed by atoms with Crippen LogP contribution in [-0.4, -0.2) is 48.7 Å². The average Bonchev–Trinajstić information content (AvgIpc) is 3.03. The number of aliphatic hydroxyl groups is 2. The number of hydrogen-bond donors (Lipinski definition) is 3. The number of hydrogen-bond acceptors (Lipinski definition) is 7. The third kappa shape index (κ3) is 1.96. The van der Waals surface area contributed by atoms with Gasteiger partial charge in [0.25, 0.3) is 0 Å². The Morgan fingerprint density at radius 3 is 2.84 bits per heavy atom. The van der Waals surface area contributed by atoms with Crippen molar-refractivity contribution in [3.05, 3.63) is 12.7 Å². The minimum Gasteiger partial charge on any atom is -0.396 e. The molecule has 1 saturated heterocycles. The monoisotopic (exact) mass is 281 g/mol. The van der Waals surface area contributed by atoms with Gasteiger partial charge in [-0.15, -0.1) is 11.8 Å². The minimum absolute atomic E-state index is 0.0171. The summed E-state index contributed by atoms with van der Waals surface area (Å²) >= 11 is 1.68. The van der Waals surface area contributed by atoms with Gasteiger partial charge in [-0.05, 0) is 6.42 Å². The summed E-state index contributed by atoms with van der Waals surface area (Å²) in [4.78, 5) is 12.4. The molecule has 19 heavy (non-hydrogen) atoms. The van der Waals surface area contributed by atoms with Gasteiger partial charge in [-0.1, -0.05) is 0 Å². The zero-order valence-electron chi connectivity index (χ0n) is 10.2. The van der Waals surface area contributed by atoms with E-state index in [1.54, 1.807) is 18.1 Å². The van der Waals surface area contributed by atoms with Crippen LogP contribution in [0.3, 0.4) is 0 Å². The fourth-order valence-corrected chi connectivity index (χ4v) is 3.92. The Kier molecular flexibility index (Phi) is 3.08. The number of nitrogen functional groups attached to an aromatic ring is 1. The van der Waals surface area contributed by atoms with Crippen LogP contribution < -0.4 is 5.73 Å². The maximum absolute atomic E-state index is 9.45. The predicted octanol–water partition coefficient (Wildman–Crippen LogP) is 0.0150. The van der Waals surface area contributed by atoms with Crippen molar-refractivity contribution in [2.45, 2.75) is 11.8 Å². The van der Waals surface area contributed by atoms with Gasteiger partial charge in [0.05, 0.1) is 24.9 Å². The lowest BCUT2D eigenvalue weighted by atomic mass is 9.89. The Balaban J connectivity index is 1.96. The number of imidazole rings is 1. The van der Waals surface area contributed by atoms with E-state index in [-0.39, 0.29) is 18.6 Å². The molecular formula is C11H15N5O2S. The highest BCUT2D eigenvalue weighted by molar-refractivity contribution is 7.99. The molecule has 0 amide bonds. The van der Waals surface area contributed by atoms with E-state index in [9.17, 15) is 10.2 Å². The fraction of sp³-hybridized carbons (Fsp3) is 0.545. The second-order valence-corrected chi connectivity index (χ2v) is 6.04. The normalized spacial score (nSPS) is 22.1. The number of anilines is 1. The number of nitrogens with two attached hydrogens (primary N) is 1. The third-order valence-electron chi connectivity index (χ3n) is 3.56. The molecule has 0 aromatic carbocycles. The van der Waals surface area contributed by atoms with Gasteiger partial charge >= 0.3 is 0 Å². The number of aromatic nitrogens is 4. The van der Waals surface area contributed by atoms with Crippen LogP contribution in [0.25, 0.3) is 11.2 Å². The zero-order valence-corrected chi connectivity index (χ0v) is 11.0. The summed E-state index contributed by atoms with van der Waals surface area (Å²) in [5.41, 5.74) is 6.62. The minimum atomic E-state index is -0.426. The van der Waals surface area contributed by atoms with E-state index in [0.717, 1.165) is 0 Å². The van der Waals surface area contributed by atoms with Crippen LogP contribution in [0.1, 0.15) is 11.8 Å². The first-order valence-electron chi connectivity index (χ1n) is 5.95. The Bertz CT molecular complexity index is 598. The summed E-state index contributed by atoms with van der Waals surface area (Å²) in [6.07, 6.45) is 3.79. The molecule has 3 rings (SSSR count). The van der Waals surface area contributed by atoms with Crippen molar-refractivity contribution < 1.29 is 10.2 Å². The molecule has 0 radical (unpaired) electrons. The predicted molar refractivity (Wildman–Crippen MR) is 72.5 cm³/mol. The van der Waals surface area contributed by atoms with Crippen molar-refractivity contribution in [3.63, 3.8) is 0 Å². The summed E-state index contributed by atoms with van der Waals surface area (Å²) in [6, 6.07) is 0. The molecule has 0 saturated carbocycles. The smallest absolute Gasteiger partial charge is 0.166 e. The van der Waals surface area contributed by atoms with Gasteiger partial charge in [0.1, 0.15) is 11.8 Å². The van der Waals surface area contributed by atoms with Gasteiger partial charge in [-0.3, -0.25) is 0 Å². The first-order chi connectivity index (χ1) is 9.19. The van der Waals surface area contributed by atoms with Crippen molar-refractivity contribution in [2.75, 3.05) is 24.7 Å². The second-order valence-electron chi connectivity index (χ2n) is 4.87. The quantitative estimate of drug-likeness (QED) is 0.727. The maximum atomic E-state index is 9.45. The van der Waals surface area contributed by atoms with Gasteiger partial charge < -0.3 is 20.5 Å². The Morgan fingerprint density at radius 2 is 2.16 bits per heavy atom. The van der Waals surface area contributed by atoms with Crippen molar-refractivity contribution >= 4 is 28.7 Å². The van der Waals surface area contributed by atoms with E-state index in [4.69, 9.17) is 5.73 Å². The number of nitrogens with zero attached hydrogens (tertiary/aromatic N) is 4. The molecule has 2 aromatic heterocycles. The van der Waals surface area contributed by atoms with E-state index in [1.165, 1.54) is 6.33 Å². The molecule has 1 aliphatic heterocycles.